The minimum absolute atomic E-state index is 0. The fourth-order valence-corrected chi connectivity index (χ4v) is 3.32. The van der Waals surface area contributed by atoms with E-state index >= 15 is 0 Å². The second-order valence-electron chi connectivity index (χ2n) is 5.86. The minimum atomic E-state index is -0.389. The fraction of sp³-hybridized carbons (Fsp3) is 0.250. The van der Waals surface area contributed by atoms with Gasteiger partial charge in [-0.1, -0.05) is 0 Å². The van der Waals surface area contributed by atoms with E-state index in [9.17, 15) is 4.39 Å². The van der Waals surface area contributed by atoms with Crippen molar-refractivity contribution in [2.75, 3.05) is 11.4 Å². The highest BCUT2D eigenvalue weighted by Crippen LogP contribution is 2.40. The first-order valence-corrected chi connectivity index (χ1v) is 7.89. The minimum Gasteiger partial charge on any atom is -0.309 e. The van der Waals surface area contributed by atoms with Crippen molar-refractivity contribution < 1.29 is 5.82 Å². The first-order valence-electron chi connectivity index (χ1n) is 7.89. The van der Waals surface area contributed by atoms with Crippen LogP contribution in [0.2, 0.25) is 0 Å². The Labute approximate surface area is 138 Å². The Morgan fingerprint density at radius 3 is 3.04 bits per heavy atom. The molecule has 0 unspecified atom stereocenters. The average Bonchev–Trinajstić information content (AvgIpc) is 3.13. The van der Waals surface area contributed by atoms with Crippen molar-refractivity contribution in [2.45, 2.75) is 19.4 Å². The monoisotopic (exact) mass is 325 g/mol. The van der Waals surface area contributed by atoms with E-state index in [-0.39, 0.29) is 12.9 Å². The van der Waals surface area contributed by atoms with Crippen molar-refractivity contribution in [1.29, 1.82) is 0 Å². The number of pyridine rings is 1. The number of hydrogen-bond acceptors (Lipinski definition) is 5. The third-order valence-corrected chi connectivity index (χ3v) is 4.41. The predicted molar refractivity (Wildman–Crippen MR) is 88.9 cm³/mol. The number of fused-ring (bicyclic) bond motifs is 2. The molecule has 0 aromatic carbocycles. The lowest BCUT2D eigenvalue weighted by atomic mass is 10.2. The van der Waals surface area contributed by atoms with Crippen molar-refractivity contribution >= 4 is 17.3 Å². The van der Waals surface area contributed by atoms with Gasteiger partial charge in [0.25, 0.3) is 0 Å². The van der Waals surface area contributed by atoms with E-state index in [0.717, 1.165) is 43.0 Å². The molecule has 24 heavy (non-hydrogen) atoms. The van der Waals surface area contributed by atoms with Gasteiger partial charge in [-0.25, -0.2) is 19.0 Å². The van der Waals surface area contributed by atoms with Crippen LogP contribution >= 0.6 is 0 Å². The number of H-pyrrole nitrogens is 1. The summed E-state index contributed by atoms with van der Waals surface area (Å²) in [6.07, 6.45) is 7.03. The number of aryl methyl sites for hydroxylation is 1. The van der Waals surface area contributed by atoms with Gasteiger partial charge in [0, 0.05) is 20.7 Å². The van der Waals surface area contributed by atoms with E-state index < -0.39 is 0 Å². The zero-order valence-electron chi connectivity index (χ0n) is 12.8. The van der Waals surface area contributed by atoms with Gasteiger partial charge in [0.15, 0.2) is 11.7 Å². The predicted octanol–water partition coefficient (Wildman–Crippen LogP) is 2.75. The molecule has 7 nitrogen and oxygen atoms in total. The van der Waals surface area contributed by atoms with Crippen LogP contribution in [-0.4, -0.2) is 37.3 Å². The number of rotatable bonds is 1. The summed E-state index contributed by atoms with van der Waals surface area (Å²) in [7, 11) is 0. The Bertz CT molecular complexity index is 961. The van der Waals surface area contributed by atoms with Crippen LogP contribution in [0.5, 0.6) is 0 Å². The standard InChI is InChI=1S/C16H14FN7.H2/c17-11-4-3-5-18-14(11)15-21-12-9-19-22-13(12)10-8-20-24-7-2-1-6-23(15)16(10)24;/h3-5,8-9H,1-2,6-7H2,(H,19,22);1H. The molecule has 0 atom stereocenters. The lowest BCUT2D eigenvalue weighted by molar-refractivity contribution is 0.593. The van der Waals surface area contributed by atoms with Gasteiger partial charge in [-0.05, 0) is 25.0 Å². The Balaban J connectivity index is 0.00000157. The molecule has 8 heteroatoms. The van der Waals surface area contributed by atoms with Gasteiger partial charge >= 0.3 is 0 Å². The summed E-state index contributed by atoms with van der Waals surface area (Å²) < 4.78 is 16.4. The first kappa shape index (κ1) is 13.4. The molecule has 0 fully saturated rings. The molecule has 0 radical (unpaired) electrons. The number of nitrogens with zero attached hydrogens (tertiary/aromatic N) is 6. The summed E-state index contributed by atoms with van der Waals surface area (Å²) in [6.45, 7) is 1.57. The quantitative estimate of drug-likeness (QED) is 0.746. The van der Waals surface area contributed by atoms with Gasteiger partial charge in [-0.2, -0.15) is 10.2 Å². The largest absolute Gasteiger partial charge is 0.309 e. The molecular weight excluding hydrogens is 309 g/mol. The summed E-state index contributed by atoms with van der Waals surface area (Å²) in [5, 5.41) is 11.6. The second kappa shape index (κ2) is 4.98. The lowest BCUT2D eigenvalue weighted by Crippen LogP contribution is -2.34. The molecule has 0 saturated heterocycles. The number of aromatic nitrogens is 5. The number of nitrogens with one attached hydrogen (secondary N) is 1. The van der Waals surface area contributed by atoms with Gasteiger partial charge in [0.2, 0.25) is 0 Å². The zero-order valence-corrected chi connectivity index (χ0v) is 12.8. The number of anilines is 1. The van der Waals surface area contributed by atoms with E-state index in [0.29, 0.717) is 11.5 Å². The Hall–Kier alpha value is -3.03. The van der Waals surface area contributed by atoms with E-state index in [4.69, 9.17) is 4.99 Å². The third-order valence-electron chi connectivity index (χ3n) is 4.41. The highest BCUT2D eigenvalue weighted by molar-refractivity contribution is 6.13. The molecule has 0 spiro atoms. The van der Waals surface area contributed by atoms with E-state index in [1.54, 1.807) is 18.5 Å². The molecule has 0 bridgehead atoms. The molecular formula is C16H16FN7. The van der Waals surface area contributed by atoms with Crippen LogP contribution in [-0.2, 0) is 6.54 Å². The number of hydrogen-bond donors (Lipinski definition) is 1. The topological polar surface area (TPSA) is 75.0 Å². The lowest BCUT2D eigenvalue weighted by Gasteiger charge is -2.24. The molecule has 0 aliphatic carbocycles. The number of aliphatic imine (C=N–C) groups is 1. The normalized spacial score (nSPS) is 16.0. The van der Waals surface area contributed by atoms with Crippen molar-refractivity contribution in [3.63, 3.8) is 0 Å². The molecule has 2 aliphatic heterocycles. The molecule has 1 N–H and O–H groups in total. The Kier molecular flexibility index (Phi) is 2.79. The SMILES string of the molecule is Fc1cccnc1C1=Nc2cn[nH]c2-c2cnn3c2N1CCCC3.[HH]. The summed E-state index contributed by atoms with van der Waals surface area (Å²) >= 11 is 0. The maximum absolute atomic E-state index is 14.4. The van der Waals surface area contributed by atoms with Gasteiger partial charge in [0.1, 0.15) is 17.2 Å². The van der Waals surface area contributed by atoms with E-state index in [2.05, 4.69) is 20.3 Å². The molecule has 122 valence electrons. The Morgan fingerprint density at radius 2 is 2.12 bits per heavy atom. The summed E-state index contributed by atoms with van der Waals surface area (Å²) in [5.41, 5.74) is 2.64. The molecule has 0 amide bonds. The molecule has 5 rings (SSSR count). The van der Waals surface area contributed by atoms with E-state index in [1.165, 1.54) is 6.07 Å². The van der Waals surface area contributed by atoms with Crippen LogP contribution in [0.3, 0.4) is 0 Å². The number of halogens is 1. The molecule has 3 aromatic rings. The maximum Gasteiger partial charge on any atom is 0.164 e. The smallest absolute Gasteiger partial charge is 0.164 e. The van der Waals surface area contributed by atoms with Crippen molar-refractivity contribution in [1.82, 2.24) is 25.0 Å². The van der Waals surface area contributed by atoms with Crippen LogP contribution in [0, 0.1) is 5.82 Å². The Morgan fingerprint density at radius 1 is 1.21 bits per heavy atom. The van der Waals surface area contributed by atoms with E-state index in [1.807, 2.05) is 15.8 Å². The van der Waals surface area contributed by atoms with Crippen LogP contribution in [0.1, 0.15) is 20.0 Å². The maximum atomic E-state index is 14.4. The van der Waals surface area contributed by atoms with Crippen LogP contribution in [0.4, 0.5) is 15.9 Å². The first-order chi connectivity index (χ1) is 11.8. The molecule has 5 heterocycles. The van der Waals surface area contributed by atoms with Gasteiger partial charge < -0.3 is 4.90 Å². The highest BCUT2D eigenvalue weighted by Gasteiger charge is 2.32. The van der Waals surface area contributed by atoms with Crippen molar-refractivity contribution in [3.05, 3.63) is 42.2 Å². The number of amidine groups is 1. The highest BCUT2D eigenvalue weighted by atomic mass is 19.1. The second-order valence-corrected chi connectivity index (χ2v) is 5.86. The summed E-state index contributed by atoms with van der Waals surface area (Å²) in [5.74, 6) is 1.03. The number of aromatic amines is 1. The molecule has 0 saturated carbocycles. The van der Waals surface area contributed by atoms with Gasteiger partial charge in [0.05, 0.1) is 23.7 Å². The van der Waals surface area contributed by atoms with Crippen LogP contribution in [0.25, 0.3) is 11.3 Å². The zero-order chi connectivity index (χ0) is 16.1. The average molecular weight is 325 g/mol. The van der Waals surface area contributed by atoms with Crippen molar-refractivity contribution in [2.24, 2.45) is 4.99 Å². The van der Waals surface area contributed by atoms with Gasteiger partial charge in [-0.3, -0.25) is 5.10 Å². The van der Waals surface area contributed by atoms with Crippen LogP contribution in [0.15, 0.2) is 35.7 Å². The summed E-state index contributed by atoms with van der Waals surface area (Å²) in [6, 6.07) is 2.99. The van der Waals surface area contributed by atoms with Gasteiger partial charge in [-0.15, -0.1) is 0 Å². The van der Waals surface area contributed by atoms with Crippen molar-refractivity contribution in [3.8, 4) is 11.3 Å². The molecule has 3 aromatic heterocycles. The van der Waals surface area contributed by atoms with Crippen LogP contribution < -0.4 is 4.90 Å². The molecule has 2 aliphatic rings. The fourth-order valence-electron chi connectivity index (χ4n) is 3.32. The third kappa shape index (κ3) is 1.82. The summed E-state index contributed by atoms with van der Waals surface area (Å²) in [4.78, 5) is 10.9.